The summed E-state index contributed by atoms with van der Waals surface area (Å²) in [5.74, 6) is 2.44. The molecular weight excluding hydrogens is 554 g/mol. The van der Waals surface area contributed by atoms with Gasteiger partial charge in [0.25, 0.3) is 0 Å². The lowest BCUT2D eigenvalue weighted by atomic mass is 9.53. The van der Waals surface area contributed by atoms with E-state index in [-0.39, 0.29) is 36.3 Å². The molecule has 0 aromatic heterocycles. The van der Waals surface area contributed by atoms with Gasteiger partial charge in [-0.05, 0) is 98.9 Å². The molecule has 2 saturated heterocycles. The highest BCUT2D eigenvalue weighted by Crippen LogP contribution is 2.55. The molecule has 44 heavy (non-hydrogen) atoms. The maximum absolute atomic E-state index is 13.3. The van der Waals surface area contributed by atoms with Crippen LogP contribution in [0.1, 0.15) is 87.4 Å². The third kappa shape index (κ3) is 6.29. The fraction of sp³-hybridized carbons (Fsp3) is 0.639. The number of carbonyl (C=O) groups is 1. The zero-order chi connectivity index (χ0) is 30.3. The zero-order valence-corrected chi connectivity index (χ0v) is 26.3. The highest BCUT2D eigenvalue weighted by atomic mass is 16.7. The first-order chi connectivity index (χ1) is 21.4. The molecule has 6 fully saturated rings. The van der Waals surface area contributed by atoms with Crippen molar-refractivity contribution in [3.05, 3.63) is 65.2 Å². The third-order valence-corrected chi connectivity index (χ3v) is 11.2. The fourth-order valence-electron chi connectivity index (χ4n) is 9.51. The van der Waals surface area contributed by atoms with E-state index < -0.39 is 6.29 Å². The van der Waals surface area contributed by atoms with Crippen LogP contribution in [0, 0.1) is 23.7 Å². The number of rotatable bonds is 9. The van der Waals surface area contributed by atoms with Crippen LogP contribution in [0.2, 0.25) is 0 Å². The first-order valence-electron chi connectivity index (χ1n) is 16.8. The van der Waals surface area contributed by atoms with Gasteiger partial charge in [0, 0.05) is 42.4 Å². The Balaban J connectivity index is 1.08. The van der Waals surface area contributed by atoms with Gasteiger partial charge in [-0.15, -0.1) is 0 Å². The SMILES string of the molecule is COCC1CCCN1CC1OC(c2cccc(NC(=O)NC34CC5CC(CC(C5)C3)C4)c2)OC(c2ccc(CO)cc2)C1C. The quantitative estimate of drug-likeness (QED) is 0.318. The van der Waals surface area contributed by atoms with Crippen molar-refractivity contribution >= 4 is 11.7 Å². The number of anilines is 1. The molecule has 238 valence electrons. The maximum Gasteiger partial charge on any atom is 0.319 e. The van der Waals surface area contributed by atoms with E-state index in [0.717, 1.165) is 85.5 Å². The van der Waals surface area contributed by atoms with E-state index in [0.29, 0.717) is 6.04 Å². The molecule has 2 aromatic carbocycles. The molecule has 3 N–H and O–H groups in total. The lowest BCUT2D eigenvalue weighted by Crippen LogP contribution is -2.60. The number of nitrogens with zero attached hydrogens (tertiary/aromatic N) is 1. The molecule has 5 unspecified atom stereocenters. The lowest BCUT2D eigenvalue weighted by molar-refractivity contribution is -0.276. The molecule has 6 aliphatic rings. The Labute approximate surface area is 261 Å². The Hall–Kier alpha value is -2.49. The van der Waals surface area contributed by atoms with Gasteiger partial charge >= 0.3 is 6.03 Å². The molecule has 0 radical (unpaired) electrons. The molecule has 2 aromatic rings. The van der Waals surface area contributed by atoms with Crippen LogP contribution in [-0.2, 0) is 20.8 Å². The van der Waals surface area contributed by atoms with Crippen LogP contribution < -0.4 is 10.6 Å². The highest BCUT2D eigenvalue weighted by molar-refractivity contribution is 5.89. The lowest BCUT2D eigenvalue weighted by Gasteiger charge is -2.56. The van der Waals surface area contributed by atoms with E-state index in [1.165, 1.54) is 25.7 Å². The number of aliphatic hydroxyl groups excluding tert-OH is 1. The Kier molecular flexibility index (Phi) is 8.72. The topological polar surface area (TPSA) is 92.3 Å². The van der Waals surface area contributed by atoms with E-state index in [9.17, 15) is 9.90 Å². The van der Waals surface area contributed by atoms with Gasteiger partial charge in [-0.1, -0.05) is 43.3 Å². The number of nitrogens with one attached hydrogen (secondary N) is 2. The van der Waals surface area contributed by atoms with Crippen LogP contribution in [0.25, 0.3) is 0 Å². The number of amides is 2. The van der Waals surface area contributed by atoms with Crippen molar-refractivity contribution in [2.45, 2.75) is 95.0 Å². The first-order valence-corrected chi connectivity index (χ1v) is 16.8. The molecule has 4 aliphatic carbocycles. The zero-order valence-electron chi connectivity index (χ0n) is 26.3. The van der Waals surface area contributed by atoms with Crippen LogP contribution in [-0.4, -0.2) is 60.5 Å². The minimum absolute atomic E-state index is 0.0157. The number of likely N-dealkylation sites (tertiary alicyclic amines) is 1. The number of hydrogen-bond acceptors (Lipinski definition) is 6. The van der Waals surface area contributed by atoms with Gasteiger partial charge in [-0.3, -0.25) is 4.90 Å². The summed E-state index contributed by atoms with van der Waals surface area (Å²) in [6.45, 7) is 4.81. The summed E-state index contributed by atoms with van der Waals surface area (Å²) in [5.41, 5.74) is 3.56. The molecule has 2 aliphatic heterocycles. The number of methoxy groups -OCH3 is 1. The summed E-state index contributed by atoms with van der Waals surface area (Å²) >= 11 is 0. The molecule has 4 bridgehead atoms. The Bertz CT molecular complexity index is 1270. The summed E-state index contributed by atoms with van der Waals surface area (Å²) in [6, 6.07) is 16.3. The van der Waals surface area contributed by atoms with Crippen LogP contribution in [0.5, 0.6) is 0 Å². The van der Waals surface area contributed by atoms with E-state index in [1.807, 2.05) is 36.4 Å². The number of urea groups is 1. The standard InChI is InChI=1S/C36H49N3O5/c1-23-32(20-39-12-4-7-31(39)22-42-2)43-34(44-33(23)28-10-8-24(21-40)9-11-28)29-5-3-6-30(16-29)37-35(41)38-36-17-25-13-26(18-36)15-27(14-25)19-36/h3,5-6,8-11,16,23,25-27,31-34,40H,4,7,12-15,17-22H2,1-2H3,(H2,37,38,41). The van der Waals surface area contributed by atoms with Gasteiger partial charge < -0.3 is 30.0 Å². The number of ether oxygens (including phenoxy) is 3. The van der Waals surface area contributed by atoms with Gasteiger partial charge in [0.15, 0.2) is 6.29 Å². The van der Waals surface area contributed by atoms with E-state index in [1.54, 1.807) is 7.11 Å². The smallest absolute Gasteiger partial charge is 0.319 e. The summed E-state index contributed by atoms with van der Waals surface area (Å²) in [4.78, 5) is 15.8. The second kappa shape index (κ2) is 12.7. The maximum atomic E-state index is 13.3. The van der Waals surface area contributed by atoms with Crippen LogP contribution >= 0.6 is 0 Å². The largest absolute Gasteiger partial charge is 0.392 e. The van der Waals surface area contributed by atoms with Gasteiger partial charge in [-0.25, -0.2) is 4.79 Å². The predicted molar refractivity (Wildman–Crippen MR) is 169 cm³/mol. The molecule has 2 heterocycles. The summed E-state index contributed by atoms with van der Waals surface area (Å²) in [7, 11) is 1.77. The second-order valence-corrected chi connectivity index (χ2v) is 14.5. The minimum Gasteiger partial charge on any atom is -0.392 e. The summed E-state index contributed by atoms with van der Waals surface area (Å²) < 4.78 is 19.0. The average molecular weight is 604 g/mol. The van der Waals surface area contributed by atoms with Gasteiger partial charge in [0.05, 0.1) is 25.4 Å². The Morgan fingerprint density at radius 2 is 1.75 bits per heavy atom. The van der Waals surface area contributed by atoms with Crippen LogP contribution in [0.15, 0.2) is 48.5 Å². The number of benzene rings is 2. The molecule has 0 spiro atoms. The van der Waals surface area contributed by atoms with Gasteiger partial charge in [-0.2, -0.15) is 0 Å². The monoisotopic (exact) mass is 603 g/mol. The first kappa shape index (κ1) is 30.2. The van der Waals surface area contributed by atoms with Gasteiger partial charge in [0.2, 0.25) is 0 Å². The van der Waals surface area contributed by atoms with E-state index in [4.69, 9.17) is 14.2 Å². The van der Waals surface area contributed by atoms with Crippen molar-refractivity contribution in [2.24, 2.45) is 23.7 Å². The van der Waals surface area contributed by atoms with Crippen LogP contribution in [0.4, 0.5) is 10.5 Å². The Morgan fingerprint density at radius 3 is 2.43 bits per heavy atom. The molecule has 5 atom stereocenters. The van der Waals surface area contributed by atoms with Crippen molar-refractivity contribution in [3.8, 4) is 0 Å². The number of aliphatic hydroxyl groups is 1. The van der Waals surface area contributed by atoms with Gasteiger partial charge in [0.1, 0.15) is 0 Å². The Morgan fingerprint density at radius 1 is 1.02 bits per heavy atom. The molecule has 8 heteroatoms. The molecule has 4 saturated carbocycles. The van der Waals surface area contributed by atoms with Crippen LogP contribution in [0.3, 0.4) is 0 Å². The normalized spacial score (nSPS) is 36.4. The molecular formula is C36H49N3O5. The molecule has 8 rings (SSSR count). The summed E-state index contributed by atoms with van der Waals surface area (Å²) in [6.07, 6.45) is 8.93. The van der Waals surface area contributed by atoms with E-state index in [2.05, 4.69) is 34.6 Å². The summed E-state index contributed by atoms with van der Waals surface area (Å²) in [5, 5.41) is 16.2. The van der Waals surface area contributed by atoms with Crippen molar-refractivity contribution in [2.75, 3.05) is 32.1 Å². The number of hydrogen-bond donors (Lipinski definition) is 3. The van der Waals surface area contributed by atoms with Crippen molar-refractivity contribution in [1.82, 2.24) is 10.2 Å². The average Bonchev–Trinajstić information content (AvgIpc) is 3.44. The van der Waals surface area contributed by atoms with Crippen molar-refractivity contribution in [1.29, 1.82) is 0 Å². The van der Waals surface area contributed by atoms with Crippen molar-refractivity contribution < 1.29 is 24.1 Å². The molecule has 2 amide bonds. The van der Waals surface area contributed by atoms with E-state index >= 15 is 0 Å². The number of carbonyl (C=O) groups excluding carboxylic acids is 1. The highest BCUT2D eigenvalue weighted by Gasteiger charge is 2.51. The second-order valence-electron chi connectivity index (χ2n) is 14.5. The van der Waals surface area contributed by atoms with Crippen molar-refractivity contribution in [3.63, 3.8) is 0 Å². The fourth-order valence-corrected chi connectivity index (χ4v) is 9.51. The molecule has 8 nitrogen and oxygen atoms in total. The minimum atomic E-state index is -0.574. The third-order valence-electron chi connectivity index (χ3n) is 11.2. The predicted octanol–water partition coefficient (Wildman–Crippen LogP) is 6.17.